The molecule has 0 aromatic heterocycles. The molecule has 0 amide bonds. The molecular weight excluding hydrogens is 388 g/mol. The average Bonchev–Trinajstić information content (AvgIpc) is 2.68. The fourth-order valence-corrected chi connectivity index (χ4v) is 3.57. The van der Waals surface area contributed by atoms with Crippen LogP contribution in [-0.2, 0) is 0 Å². The fraction of sp³-hybridized carbons (Fsp3) is 0.333. The minimum atomic E-state index is -0.484. The van der Waals surface area contributed by atoms with Crippen LogP contribution in [0.5, 0.6) is 0 Å². The van der Waals surface area contributed by atoms with E-state index < -0.39 is 11.8 Å². The third-order valence-electron chi connectivity index (χ3n) is 4.96. The van der Waals surface area contributed by atoms with Gasteiger partial charge in [-0.15, -0.1) is 0 Å². The van der Waals surface area contributed by atoms with Crippen LogP contribution in [0.4, 0.5) is 5.69 Å². The molecule has 1 aliphatic heterocycles. The maximum atomic E-state index is 9.72. The summed E-state index contributed by atoms with van der Waals surface area (Å²) in [5, 5.41) is 19.4. The molecule has 0 aliphatic carbocycles. The third kappa shape index (κ3) is 4.07. The Labute approximate surface area is 163 Å². The highest BCUT2D eigenvalue weighted by Crippen LogP contribution is 2.33. The summed E-state index contributed by atoms with van der Waals surface area (Å²) in [5.74, 6) is -0.967. The van der Waals surface area contributed by atoms with Crippen molar-refractivity contribution >= 4 is 21.6 Å². The van der Waals surface area contributed by atoms with Gasteiger partial charge in [-0.05, 0) is 42.4 Å². The number of likely N-dealkylation sites (N-methyl/N-ethyl adjacent to an activating group) is 1. The summed E-state index contributed by atoms with van der Waals surface area (Å²) in [4.78, 5) is 4.69. The van der Waals surface area contributed by atoms with E-state index in [-0.39, 0.29) is 0 Å². The largest absolute Gasteiger partial charge is 0.369 e. The number of rotatable bonds is 4. The standard InChI is InChI=1S/C21H21BrN4/c1-25-10-12-26(13-11-25)19-8-4-17(5-9-19)21(15-24)20(14-23)16-2-6-18(22)7-3-16/h2-9,20-21H,10-13H2,1H3. The number of halogens is 1. The molecule has 3 rings (SSSR count). The summed E-state index contributed by atoms with van der Waals surface area (Å²) in [6.07, 6.45) is 0. The van der Waals surface area contributed by atoms with Gasteiger partial charge in [-0.25, -0.2) is 0 Å². The van der Waals surface area contributed by atoms with E-state index in [1.54, 1.807) is 0 Å². The zero-order valence-corrected chi connectivity index (χ0v) is 16.4. The smallest absolute Gasteiger partial charge is 0.0912 e. The second kappa shape index (κ2) is 8.36. The molecule has 0 radical (unpaired) electrons. The zero-order valence-electron chi connectivity index (χ0n) is 14.8. The van der Waals surface area contributed by atoms with Gasteiger partial charge in [0.1, 0.15) is 0 Å². The Balaban J connectivity index is 1.80. The van der Waals surface area contributed by atoms with Gasteiger partial charge in [0.15, 0.2) is 0 Å². The third-order valence-corrected chi connectivity index (χ3v) is 5.49. The molecule has 26 heavy (non-hydrogen) atoms. The molecule has 0 saturated carbocycles. The lowest BCUT2D eigenvalue weighted by molar-refractivity contribution is 0.313. The number of anilines is 1. The van der Waals surface area contributed by atoms with E-state index in [0.29, 0.717) is 0 Å². The molecule has 0 N–H and O–H groups in total. The van der Waals surface area contributed by atoms with Crippen LogP contribution in [0.1, 0.15) is 23.0 Å². The Hall–Kier alpha value is -2.34. The van der Waals surface area contributed by atoms with Crippen molar-refractivity contribution in [2.45, 2.75) is 11.8 Å². The van der Waals surface area contributed by atoms with Crippen LogP contribution >= 0.6 is 15.9 Å². The van der Waals surface area contributed by atoms with E-state index in [0.717, 1.165) is 41.8 Å². The van der Waals surface area contributed by atoms with Gasteiger partial charge in [0, 0.05) is 36.3 Å². The van der Waals surface area contributed by atoms with Crippen molar-refractivity contribution in [1.29, 1.82) is 10.5 Å². The van der Waals surface area contributed by atoms with Gasteiger partial charge >= 0.3 is 0 Å². The topological polar surface area (TPSA) is 54.1 Å². The van der Waals surface area contributed by atoms with Crippen molar-refractivity contribution in [3.63, 3.8) is 0 Å². The van der Waals surface area contributed by atoms with Crippen LogP contribution in [-0.4, -0.2) is 38.1 Å². The molecule has 1 heterocycles. The van der Waals surface area contributed by atoms with Crippen LogP contribution in [0.3, 0.4) is 0 Å². The van der Waals surface area contributed by atoms with Crippen LogP contribution in [0.2, 0.25) is 0 Å². The van der Waals surface area contributed by atoms with Crippen molar-refractivity contribution in [1.82, 2.24) is 4.90 Å². The summed E-state index contributed by atoms with van der Waals surface area (Å²) in [6.45, 7) is 4.14. The Morgan fingerprint density at radius 3 is 1.73 bits per heavy atom. The second-order valence-electron chi connectivity index (χ2n) is 6.65. The first-order valence-electron chi connectivity index (χ1n) is 8.70. The first-order chi connectivity index (χ1) is 12.6. The number of hydrogen-bond acceptors (Lipinski definition) is 4. The van der Waals surface area contributed by atoms with E-state index in [2.05, 4.69) is 57.0 Å². The van der Waals surface area contributed by atoms with Gasteiger partial charge in [0.25, 0.3) is 0 Å². The summed E-state index contributed by atoms with van der Waals surface area (Å²) in [7, 11) is 2.14. The van der Waals surface area contributed by atoms with E-state index >= 15 is 0 Å². The minimum Gasteiger partial charge on any atom is -0.369 e. The summed E-state index contributed by atoms with van der Waals surface area (Å²) < 4.78 is 0.961. The van der Waals surface area contributed by atoms with Gasteiger partial charge in [0.05, 0.1) is 24.0 Å². The van der Waals surface area contributed by atoms with Gasteiger partial charge < -0.3 is 9.80 Å². The highest BCUT2D eigenvalue weighted by atomic mass is 79.9. The van der Waals surface area contributed by atoms with Crippen LogP contribution in [0.15, 0.2) is 53.0 Å². The molecule has 5 heteroatoms. The number of nitriles is 2. The highest BCUT2D eigenvalue weighted by molar-refractivity contribution is 9.10. The van der Waals surface area contributed by atoms with Crippen LogP contribution in [0.25, 0.3) is 0 Å². The average molecular weight is 409 g/mol. The molecule has 132 valence electrons. The normalized spacial score (nSPS) is 17.2. The molecule has 1 saturated heterocycles. The monoisotopic (exact) mass is 408 g/mol. The Morgan fingerprint density at radius 2 is 1.27 bits per heavy atom. The zero-order chi connectivity index (χ0) is 18.5. The molecular formula is C21H21BrN4. The number of nitrogens with zero attached hydrogens (tertiary/aromatic N) is 4. The van der Waals surface area contributed by atoms with Gasteiger partial charge in [-0.1, -0.05) is 40.2 Å². The molecule has 0 bridgehead atoms. The molecule has 2 unspecified atom stereocenters. The summed E-state index contributed by atoms with van der Waals surface area (Å²) >= 11 is 3.41. The van der Waals surface area contributed by atoms with Crippen LogP contribution < -0.4 is 4.90 Å². The summed E-state index contributed by atoms with van der Waals surface area (Å²) in [5.41, 5.74) is 2.93. The Kier molecular flexibility index (Phi) is 5.93. The lowest BCUT2D eigenvalue weighted by Gasteiger charge is -2.34. The summed E-state index contributed by atoms with van der Waals surface area (Å²) in [6, 6.07) is 20.4. The first kappa shape index (κ1) is 18.5. The number of benzene rings is 2. The van der Waals surface area contributed by atoms with E-state index in [1.165, 1.54) is 5.69 Å². The van der Waals surface area contributed by atoms with Gasteiger partial charge in [-0.2, -0.15) is 10.5 Å². The van der Waals surface area contributed by atoms with Crippen molar-refractivity contribution in [2.75, 3.05) is 38.1 Å². The van der Waals surface area contributed by atoms with Crippen LogP contribution in [0, 0.1) is 22.7 Å². The molecule has 2 aromatic carbocycles. The maximum Gasteiger partial charge on any atom is 0.0912 e. The Bertz CT molecular complexity index is 809. The van der Waals surface area contributed by atoms with Gasteiger partial charge in [-0.3, -0.25) is 0 Å². The van der Waals surface area contributed by atoms with Crippen molar-refractivity contribution in [3.8, 4) is 12.1 Å². The molecule has 1 aliphatic rings. The molecule has 2 atom stereocenters. The lowest BCUT2D eigenvalue weighted by atomic mass is 9.83. The second-order valence-corrected chi connectivity index (χ2v) is 7.56. The van der Waals surface area contributed by atoms with Crippen molar-refractivity contribution < 1.29 is 0 Å². The SMILES string of the molecule is CN1CCN(c2ccc(C(C#N)C(C#N)c3ccc(Br)cc3)cc2)CC1. The first-order valence-corrected chi connectivity index (χ1v) is 9.50. The number of piperazine rings is 1. The predicted octanol–water partition coefficient (Wildman–Crippen LogP) is 4.12. The fourth-order valence-electron chi connectivity index (χ4n) is 3.31. The highest BCUT2D eigenvalue weighted by Gasteiger charge is 2.25. The quantitative estimate of drug-likeness (QED) is 0.763. The maximum absolute atomic E-state index is 9.72. The van der Waals surface area contributed by atoms with Crippen molar-refractivity contribution in [3.05, 3.63) is 64.1 Å². The van der Waals surface area contributed by atoms with Gasteiger partial charge in [0.2, 0.25) is 0 Å². The van der Waals surface area contributed by atoms with E-state index in [1.807, 2.05) is 36.4 Å². The minimum absolute atomic E-state index is 0.484. The molecule has 0 spiro atoms. The van der Waals surface area contributed by atoms with E-state index in [9.17, 15) is 10.5 Å². The lowest BCUT2D eigenvalue weighted by Crippen LogP contribution is -2.44. The Morgan fingerprint density at radius 1 is 0.808 bits per heavy atom. The molecule has 2 aromatic rings. The number of hydrogen-bond donors (Lipinski definition) is 0. The molecule has 4 nitrogen and oxygen atoms in total. The van der Waals surface area contributed by atoms with Crippen molar-refractivity contribution in [2.24, 2.45) is 0 Å². The van der Waals surface area contributed by atoms with E-state index in [4.69, 9.17) is 0 Å². The predicted molar refractivity (Wildman–Crippen MR) is 107 cm³/mol. The molecule has 1 fully saturated rings.